The van der Waals surface area contributed by atoms with Crippen molar-refractivity contribution in [3.8, 4) is 5.75 Å². The molecule has 3 aromatic rings. The highest BCUT2D eigenvalue weighted by Crippen LogP contribution is 2.18. The third kappa shape index (κ3) is 4.90. The Labute approximate surface area is 158 Å². The Morgan fingerprint density at radius 3 is 2.65 bits per heavy atom. The van der Waals surface area contributed by atoms with Crippen LogP contribution >= 0.6 is 22.7 Å². The number of aromatic nitrogens is 1. The Hall–Kier alpha value is -2.71. The quantitative estimate of drug-likeness (QED) is 0.652. The zero-order chi connectivity index (χ0) is 18.4. The first-order chi connectivity index (χ1) is 12.6. The molecule has 0 unspecified atom stereocenters. The lowest BCUT2D eigenvalue weighted by molar-refractivity contribution is -0.120. The number of methoxy groups -OCH3 is 1. The number of nitrogens with one attached hydrogen (secondary N) is 2. The van der Waals surface area contributed by atoms with Gasteiger partial charge in [0, 0.05) is 11.9 Å². The van der Waals surface area contributed by atoms with E-state index in [1.807, 2.05) is 35.7 Å². The summed E-state index contributed by atoms with van der Waals surface area (Å²) in [6, 6.07) is 11.1. The molecule has 3 rings (SSSR count). The molecule has 0 aliphatic heterocycles. The Morgan fingerprint density at radius 2 is 1.96 bits per heavy atom. The van der Waals surface area contributed by atoms with Gasteiger partial charge in [-0.3, -0.25) is 14.9 Å². The van der Waals surface area contributed by atoms with Crippen LogP contribution in [0.2, 0.25) is 0 Å². The maximum absolute atomic E-state index is 12.1. The number of anilines is 1. The number of amides is 2. The third-order valence-electron chi connectivity index (χ3n) is 3.51. The molecule has 0 aliphatic carbocycles. The van der Waals surface area contributed by atoms with Gasteiger partial charge >= 0.3 is 0 Å². The van der Waals surface area contributed by atoms with E-state index >= 15 is 0 Å². The molecule has 2 N–H and O–H groups in total. The molecule has 1 aromatic carbocycles. The van der Waals surface area contributed by atoms with E-state index in [1.54, 1.807) is 18.6 Å². The van der Waals surface area contributed by atoms with Crippen molar-refractivity contribution in [1.29, 1.82) is 0 Å². The summed E-state index contributed by atoms with van der Waals surface area (Å²) in [4.78, 5) is 29.0. The zero-order valence-corrected chi connectivity index (χ0v) is 15.7. The summed E-state index contributed by atoms with van der Waals surface area (Å²) in [6.07, 6.45) is 0.168. The molecule has 0 aliphatic rings. The van der Waals surface area contributed by atoms with Gasteiger partial charge in [-0.05, 0) is 29.1 Å². The molecule has 134 valence electrons. The molecular weight excluding hydrogens is 370 g/mol. The summed E-state index contributed by atoms with van der Waals surface area (Å²) in [5.41, 5.74) is 1.62. The number of thiophene rings is 1. The predicted molar refractivity (Wildman–Crippen MR) is 103 cm³/mol. The first-order valence-electron chi connectivity index (χ1n) is 7.83. The average molecular weight is 387 g/mol. The van der Waals surface area contributed by atoms with Gasteiger partial charge in [-0.25, -0.2) is 4.98 Å². The smallest absolute Gasteiger partial charge is 0.267 e. The van der Waals surface area contributed by atoms with Gasteiger partial charge < -0.3 is 10.1 Å². The zero-order valence-electron chi connectivity index (χ0n) is 14.0. The van der Waals surface area contributed by atoms with Crippen molar-refractivity contribution in [1.82, 2.24) is 10.3 Å². The molecule has 2 amide bonds. The van der Waals surface area contributed by atoms with Crippen LogP contribution in [-0.2, 0) is 17.8 Å². The molecule has 0 saturated carbocycles. The minimum absolute atomic E-state index is 0.123. The minimum Gasteiger partial charge on any atom is -0.497 e. The summed E-state index contributed by atoms with van der Waals surface area (Å²) >= 11 is 2.67. The summed E-state index contributed by atoms with van der Waals surface area (Å²) < 4.78 is 5.10. The number of carbonyl (C=O) groups is 2. The average Bonchev–Trinajstić information content (AvgIpc) is 3.32. The third-order valence-corrected chi connectivity index (χ3v) is 5.18. The molecule has 0 atom stereocenters. The van der Waals surface area contributed by atoms with E-state index in [0.717, 1.165) is 11.3 Å². The second-order valence-electron chi connectivity index (χ2n) is 5.38. The number of carbonyl (C=O) groups excluding carboxylic acids is 2. The van der Waals surface area contributed by atoms with Crippen LogP contribution in [0.25, 0.3) is 0 Å². The highest BCUT2D eigenvalue weighted by atomic mass is 32.1. The fraction of sp³-hybridized carbons (Fsp3) is 0.167. The summed E-state index contributed by atoms with van der Waals surface area (Å²) in [5.74, 6) is 0.465. The fourth-order valence-electron chi connectivity index (χ4n) is 2.18. The predicted octanol–water partition coefficient (Wildman–Crippen LogP) is 3.32. The van der Waals surface area contributed by atoms with E-state index in [4.69, 9.17) is 4.74 Å². The molecule has 0 fully saturated rings. The van der Waals surface area contributed by atoms with Gasteiger partial charge in [-0.15, -0.1) is 22.7 Å². The molecular formula is C18H17N3O3S2. The van der Waals surface area contributed by atoms with E-state index in [2.05, 4.69) is 15.6 Å². The van der Waals surface area contributed by atoms with E-state index < -0.39 is 0 Å². The van der Waals surface area contributed by atoms with Gasteiger partial charge in [0.05, 0.1) is 24.1 Å². The lowest BCUT2D eigenvalue weighted by atomic mass is 10.2. The van der Waals surface area contributed by atoms with Crippen LogP contribution < -0.4 is 15.4 Å². The van der Waals surface area contributed by atoms with Crippen molar-refractivity contribution >= 4 is 39.6 Å². The first-order valence-corrected chi connectivity index (χ1v) is 9.59. The van der Waals surface area contributed by atoms with Crippen molar-refractivity contribution in [2.24, 2.45) is 0 Å². The van der Waals surface area contributed by atoms with Crippen molar-refractivity contribution < 1.29 is 14.3 Å². The Balaban J connectivity index is 1.48. The van der Waals surface area contributed by atoms with Gasteiger partial charge in [0.15, 0.2) is 5.13 Å². The minimum atomic E-state index is -0.190. The number of benzene rings is 1. The van der Waals surface area contributed by atoms with Gasteiger partial charge in [0.1, 0.15) is 5.75 Å². The Morgan fingerprint density at radius 1 is 1.15 bits per heavy atom. The highest BCUT2D eigenvalue weighted by Gasteiger charge is 2.11. The van der Waals surface area contributed by atoms with Crippen molar-refractivity contribution in [3.63, 3.8) is 0 Å². The largest absolute Gasteiger partial charge is 0.497 e. The molecule has 8 heteroatoms. The SMILES string of the molecule is COc1ccc(CNC(=O)Cc2csc(NC(=O)c3cccs3)n2)cc1. The van der Waals surface area contributed by atoms with Crippen molar-refractivity contribution in [3.05, 3.63) is 63.3 Å². The summed E-state index contributed by atoms with van der Waals surface area (Å²) in [6.45, 7) is 0.439. The van der Waals surface area contributed by atoms with Crippen LogP contribution in [0.15, 0.2) is 47.2 Å². The monoisotopic (exact) mass is 387 g/mol. The molecule has 0 saturated heterocycles. The van der Waals surface area contributed by atoms with Crippen LogP contribution in [0.3, 0.4) is 0 Å². The van der Waals surface area contributed by atoms with E-state index in [9.17, 15) is 9.59 Å². The molecule has 0 spiro atoms. The number of thiazole rings is 1. The van der Waals surface area contributed by atoms with E-state index in [0.29, 0.717) is 22.2 Å². The van der Waals surface area contributed by atoms with Crippen LogP contribution in [-0.4, -0.2) is 23.9 Å². The number of ether oxygens (including phenoxy) is 1. The van der Waals surface area contributed by atoms with Gasteiger partial charge in [-0.2, -0.15) is 0 Å². The van der Waals surface area contributed by atoms with E-state index in [-0.39, 0.29) is 18.2 Å². The Bertz CT molecular complexity index is 873. The summed E-state index contributed by atoms with van der Waals surface area (Å²) in [7, 11) is 1.61. The second-order valence-corrected chi connectivity index (χ2v) is 7.18. The van der Waals surface area contributed by atoms with Crippen molar-refractivity contribution in [2.45, 2.75) is 13.0 Å². The normalized spacial score (nSPS) is 10.3. The lowest BCUT2D eigenvalue weighted by Crippen LogP contribution is -2.24. The number of nitrogens with zero attached hydrogens (tertiary/aromatic N) is 1. The summed E-state index contributed by atoms with van der Waals surface area (Å²) in [5, 5.41) is 9.70. The number of rotatable bonds is 7. The van der Waals surface area contributed by atoms with Crippen LogP contribution in [0, 0.1) is 0 Å². The van der Waals surface area contributed by atoms with Crippen molar-refractivity contribution in [2.75, 3.05) is 12.4 Å². The van der Waals surface area contributed by atoms with E-state index in [1.165, 1.54) is 22.7 Å². The molecule has 2 heterocycles. The van der Waals surface area contributed by atoms with Crippen LogP contribution in [0.5, 0.6) is 5.75 Å². The number of hydrogen-bond donors (Lipinski definition) is 2. The first kappa shape index (κ1) is 18.1. The standard InChI is InChI=1S/C18H17N3O3S2/c1-24-14-6-4-12(5-7-14)10-19-16(22)9-13-11-26-18(20-13)21-17(23)15-3-2-8-25-15/h2-8,11H,9-10H2,1H3,(H,19,22)(H,20,21,23). The van der Waals surface area contributed by atoms with Crippen LogP contribution in [0.1, 0.15) is 20.9 Å². The topological polar surface area (TPSA) is 80.3 Å². The molecule has 26 heavy (non-hydrogen) atoms. The van der Waals surface area contributed by atoms with Gasteiger partial charge in [-0.1, -0.05) is 18.2 Å². The molecule has 6 nitrogen and oxygen atoms in total. The number of hydrogen-bond acceptors (Lipinski definition) is 6. The maximum atomic E-state index is 12.1. The van der Waals surface area contributed by atoms with Gasteiger partial charge in [0.2, 0.25) is 5.91 Å². The van der Waals surface area contributed by atoms with Gasteiger partial charge in [0.25, 0.3) is 5.91 Å². The lowest BCUT2D eigenvalue weighted by Gasteiger charge is -2.05. The molecule has 0 radical (unpaired) electrons. The van der Waals surface area contributed by atoms with Crippen LogP contribution in [0.4, 0.5) is 5.13 Å². The molecule has 0 bridgehead atoms. The highest BCUT2D eigenvalue weighted by molar-refractivity contribution is 7.14. The fourth-order valence-corrected chi connectivity index (χ4v) is 3.51. The molecule has 2 aromatic heterocycles. The second kappa shape index (κ2) is 8.59. The Kier molecular flexibility index (Phi) is 5.98. The maximum Gasteiger partial charge on any atom is 0.267 e.